The molecule has 0 aliphatic carbocycles. The molecule has 0 radical (unpaired) electrons. The number of nitrogens with zero attached hydrogens (tertiary/aromatic N) is 2. The third-order valence-corrected chi connectivity index (χ3v) is 11.6. The minimum atomic E-state index is -1.26. The number of halogens is 2. The number of ether oxygens (including phenoxy) is 3. The van der Waals surface area contributed by atoms with E-state index in [-0.39, 0.29) is 31.9 Å². The van der Waals surface area contributed by atoms with Gasteiger partial charge in [0.15, 0.2) is 17.6 Å². The number of fused-ring (bicyclic) bond motifs is 2. The molecule has 12 heteroatoms. The normalized spacial score (nSPS) is 15.8. The van der Waals surface area contributed by atoms with E-state index in [2.05, 4.69) is 11.4 Å². The molecule has 0 bridgehead atoms. The van der Waals surface area contributed by atoms with E-state index in [0.29, 0.717) is 50.6 Å². The van der Waals surface area contributed by atoms with E-state index in [1.807, 2.05) is 91.9 Å². The quantitative estimate of drug-likeness (QED) is 0.132. The maximum absolute atomic E-state index is 14.2. The van der Waals surface area contributed by atoms with Crippen LogP contribution in [0.15, 0.2) is 127 Å². The lowest BCUT2D eigenvalue weighted by Crippen LogP contribution is -2.56. The highest BCUT2D eigenvalue weighted by Gasteiger charge is 2.38. The monoisotopic (exact) mass is 851 g/mol. The van der Waals surface area contributed by atoms with Crippen LogP contribution in [0.2, 0.25) is 10.0 Å². The summed E-state index contributed by atoms with van der Waals surface area (Å²) in [5.41, 5.74) is 7.73. The highest BCUT2D eigenvalue weighted by Crippen LogP contribution is 2.41. The van der Waals surface area contributed by atoms with Gasteiger partial charge in [0.25, 0.3) is 5.91 Å². The number of rotatable bonds is 11. The summed E-state index contributed by atoms with van der Waals surface area (Å²) in [5, 5.41) is 23.1. The molecule has 10 nitrogen and oxygen atoms in total. The van der Waals surface area contributed by atoms with Crippen molar-refractivity contribution in [1.82, 2.24) is 10.2 Å². The summed E-state index contributed by atoms with van der Waals surface area (Å²) < 4.78 is 18.6. The number of amides is 2. The molecule has 0 fully saturated rings. The largest absolute Gasteiger partial charge is 0.489 e. The zero-order valence-electron chi connectivity index (χ0n) is 32.9. The number of nitriles is 1. The molecule has 306 valence electrons. The molecule has 2 N–H and O–H groups in total. The van der Waals surface area contributed by atoms with E-state index in [9.17, 15) is 19.5 Å². The van der Waals surface area contributed by atoms with E-state index in [4.69, 9.17) is 42.7 Å². The first-order valence-corrected chi connectivity index (χ1v) is 20.4. The molecule has 2 heterocycles. The Kier molecular flexibility index (Phi) is 12.0. The summed E-state index contributed by atoms with van der Waals surface area (Å²) in [5.74, 6) is -0.431. The first kappa shape index (κ1) is 41.0. The van der Waals surface area contributed by atoms with Crippen molar-refractivity contribution in [2.75, 3.05) is 6.61 Å². The first-order chi connectivity index (χ1) is 29.5. The Hall–Kier alpha value is -6.80. The summed E-state index contributed by atoms with van der Waals surface area (Å²) in [6, 6.07) is 38.2. The molecule has 3 unspecified atom stereocenters. The van der Waals surface area contributed by atoms with Crippen LogP contribution in [0.5, 0.6) is 17.2 Å². The van der Waals surface area contributed by atoms with Crippen LogP contribution in [0, 0.1) is 18.3 Å². The van der Waals surface area contributed by atoms with Gasteiger partial charge in [0.05, 0.1) is 21.7 Å². The van der Waals surface area contributed by atoms with Gasteiger partial charge in [0, 0.05) is 24.9 Å². The number of carbonyl (C=O) groups is 3. The summed E-state index contributed by atoms with van der Waals surface area (Å²) in [4.78, 5) is 42.5. The van der Waals surface area contributed by atoms with E-state index in [0.717, 1.165) is 38.9 Å². The summed E-state index contributed by atoms with van der Waals surface area (Å²) in [6.07, 6.45) is -0.256. The molecular weight excluding hydrogens is 813 g/mol. The Morgan fingerprint density at radius 3 is 2.25 bits per heavy atom. The molecule has 0 aromatic heterocycles. The van der Waals surface area contributed by atoms with Crippen molar-refractivity contribution >= 4 is 41.0 Å². The molecule has 0 spiro atoms. The smallest absolute Gasteiger partial charge is 0.326 e. The van der Waals surface area contributed by atoms with Gasteiger partial charge in [-0.05, 0) is 107 Å². The minimum absolute atomic E-state index is 0.0260. The maximum Gasteiger partial charge on any atom is 0.326 e. The van der Waals surface area contributed by atoms with Crippen molar-refractivity contribution in [3.05, 3.63) is 182 Å². The summed E-state index contributed by atoms with van der Waals surface area (Å²) >= 11 is 12.2. The fourth-order valence-electron chi connectivity index (χ4n) is 7.56. The molecule has 2 amide bonds. The summed E-state index contributed by atoms with van der Waals surface area (Å²) in [7, 11) is 0. The molecule has 6 aromatic carbocycles. The van der Waals surface area contributed by atoms with Gasteiger partial charge < -0.3 is 29.5 Å². The first-order valence-electron chi connectivity index (χ1n) is 19.6. The van der Waals surface area contributed by atoms with E-state index in [1.54, 1.807) is 42.5 Å². The lowest BCUT2D eigenvalue weighted by molar-refractivity contribution is -0.142. The van der Waals surface area contributed by atoms with Crippen LogP contribution in [0.25, 0.3) is 11.1 Å². The molecule has 2 aliphatic heterocycles. The second kappa shape index (κ2) is 17.8. The lowest BCUT2D eigenvalue weighted by Gasteiger charge is -2.37. The van der Waals surface area contributed by atoms with Crippen LogP contribution in [-0.4, -0.2) is 46.5 Å². The predicted octanol–water partition coefficient (Wildman–Crippen LogP) is 9.31. The van der Waals surface area contributed by atoms with E-state index in [1.165, 1.54) is 4.90 Å². The standard InChI is InChI=1S/C49H39Cl2N3O7/c1-29-3-2-4-36(19-29)48(56)54-26-38-24-45-44(60-28-46(61-45)35-14-16-39(17-15-35)59-27-32-9-18-40(50)41(51)20-32)23-37(38)22-43(54)47(55)53-42(49(57)58)21-30-5-10-33(11-6-30)34-12-7-31(25-52)8-13-34/h2-20,23-24,42-43,46H,21-22,26-28H2,1H3,(H,53,55)(H,57,58). The van der Waals surface area contributed by atoms with Gasteiger partial charge in [-0.25, -0.2) is 4.79 Å². The van der Waals surface area contributed by atoms with Crippen molar-refractivity contribution < 1.29 is 33.7 Å². The van der Waals surface area contributed by atoms with Gasteiger partial charge in [-0.3, -0.25) is 9.59 Å². The highest BCUT2D eigenvalue weighted by atomic mass is 35.5. The Morgan fingerprint density at radius 1 is 0.852 bits per heavy atom. The molecule has 0 saturated heterocycles. The van der Waals surface area contributed by atoms with Crippen molar-refractivity contribution in [3.63, 3.8) is 0 Å². The Labute approximate surface area is 362 Å². The number of carbonyl (C=O) groups excluding carboxylic acids is 2. The van der Waals surface area contributed by atoms with Crippen molar-refractivity contribution in [1.29, 1.82) is 5.26 Å². The average Bonchev–Trinajstić information content (AvgIpc) is 3.28. The number of aliphatic carboxylic acids is 1. The Morgan fingerprint density at radius 2 is 1.56 bits per heavy atom. The number of benzene rings is 6. The van der Waals surface area contributed by atoms with Gasteiger partial charge in [0.1, 0.15) is 31.0 Å². The fourth-order valence-corrected chi connectivity index (χ4v) is 7.88. The molecule has 61 heavy (non-hydrogen) atoms. The number of nitrogens with one attached hydrogen (secondary N) is 1. The second-order valence-electron chi connectivity index (χ2n) is 15.1. The number of hydrogen-bond donors (Lipinski definition) is 2. The van der Waals surface area contributed by atoms with Crippen molar-refractivity contribution in [2.24, 2.45) is 0 Å². The number of hydrogen-bond acceptors (Lipinski definition) is 7. The summed E-state index contributed by atoms with van der Waals surface area (Å²) in [6.45, 7) is 2.53. The Balaban J connectivity index is 0.985. The van der Waals surface area contributed by atoms with Crippen LogP contribution >= 0.6 is 23.2 Å². The van der Waals surface area contributed by atoms with Crippen molar-refractivity contribution in [3.8, 4) is 34.4 Å². The SMILES string of the molecule is Cc1cccc(C(=O)N2Cc3cc4c(cc3CC2C(=O)NC(Cc2ccc(-c3ccc(C#N)cc3)cc2)C(=O)O)OCC(c2ccc(OCc3ccc(Cl)c(Cl)c3)cc2)O4)c1. The van der Waals surface area contributed by atoms with E-state index >= 15 is 0 Å². The average molecular weight is 853 g/mol. The second-order valence-corrected chi connectivity index (χ2v) is 15.9. The Bertz CT molecular complexity index is 2660. The van der Waals surface area contributed by atoms with Crippen LogP contribution in [0.3, 0.4) is 0 Å². The van der Waals surface area contributed by atoms with E-state index < -0.39 is 30.1 Å². The predicted molar refractivity (Wildman–Crippen MR) is 231 cm³/mol. The number of carboxylic acid groups (broad SMARTS) is 1. The third kappa shape index (κ3) is 9.34. The zero-order valence-corrected chi connectivity index (χ0v) is 34.5. The van der Waals surface area contributed by atoms with Gasteiger partial charge in [0.2, 0.25) is 5.91 Å². The number of carboxylic acids is 1. The topological polar surface area (TPSA) is 138 Å². The molecule has 6 aromatic rings. The number of aryl methyl sites for hydroxylation is 1. The van der Waals surface area contributed by atoms with Gasteiger partial charge in [-0.15, -0.1) is 0 Å². The molecule has 3 atom stereocenters. The van der Waals surface area contributed by atoms with Crippen molar-refractivity contribution in [2.45, 2.75) is 51.1 Å². The van der Waals surface area contributed by atoms with Crippen LogP contribution in [0.4, 0.5) is 0 Å². The lowest BCUT2D eigenvalue weighted by atomic mass is 9.91. The molecule has 8 rings (SSSR count). The van der Waals surface area contributed by atoms with Gasteiger partial charge in [-0.1, -0.05) is 95.5 Å². The minimum Gasteiger partial charge on any atom is -0.489 e. The third-order valence-electron chi connectivity index (χ3n) is 10.9. The molecule has 2 aliphatic rings. The highest BCUT2D eigenvalue weighted by molar-refractivity contribution is 6.42. The van der Waals surface area contributed by atoms with Gasteiger partial charge >= 0.3 is 5.97 Å². The van der Waals surface area contributed by atoms with Gasteiger partial charge in [-0.2, -0.15) is 5.26 Å². The maximum atomic E-state index is 14.2. The fraction of sp³-hybridized carbons (Fsp3) is 0.184. The zero-order chi connectivity index (χ0) is 42.6. The molecule has 0 saturated carbocycles. The van der Waals surface area contributed by atoms with Crippen LogP contribution in [0.1, 0.15) is 55.4 Å². The van der Waals surface area contributed by atoms with Crippen LogP contribution in [-0.2, 0) is 35.6 Å². The molecular formula is C49H39Cl2N3O7. The van der Waals surface area contributed by atoms with Crippen LogP contribution < -0.4 is 19.5 Å².